The second kappa shape index (κ2) is 34.9. The molecule has 0 saturated heterocycles. The van der Waals surface area contributed by atoms with Crippen LogP contribution in [-0.4, -0.2) is 49.3 Å². The second-order valence-corrected chi connectivity index (χ2v) is 14.6. The number of carbonyl (C=O) groups excluding carboxylic acids is 2. The molecule has 2 atom stereocenters. The van der Waals surface area contributed by atoms with Crippen molar-refractivity contribution in [3.8, 4) is 0 Å². The van der Waals surface area contributed by atoms with E-state index in [1.807, 2.05) is 0 Å². The van der Waals surface area contributed by atoms with Crippen LogP contribution in [0.1, 0.15) is 194 Å². The summed E-state index contributed by atoms with van der Waals surface area (Å²) in [5.41, 5.74) is 5.33. The van der Waals surface area contributed by atoms with E-state index >= 15 is 0 Å². The number of nitrogens with two attached hydrogens (primary N) is 1. The third-order valence-electron chi connectivity index (χ3n) is 8.49. The zero-order valence-corrected chi connectivity index (χ0v) is 31.4. The predicted octanol–water partition coefficient (Wildman–Crippen LogP) is 10.5. The van der Waals surface area contributed by atoms with Crippen LogP contribution in [-0.2, 0) is 32.7 Å². The lowest BCUT2D eigenvalue weighted by Gasteiger charge is -2.19. The first kappa shape index (κ1) is 46.0. The quantitative estimate of drug-likeness (QED) is 0.0371. The minimum Gasteiger partial charge on any atom is -0.462 e. The van der Waals surface area contributed by atoms with Gasteiger partial charge in [-0.1, -0.05) is 168 Å². The van der Waals surface area contributed by atoms with Crippen LogP contribution in [0, 0.1) is 0 Å². The molecule has 0 bridgehead atoms. The van der Waals surface area contributed by atoms with E-state index in [9.17, 15) is 19.0 Å². The van der Waals surface area contributed by atoms with E-state index in [0.717, 1.165) is 32.1 Å². The Bertz CT molecular complexity index is 754. The molecule has 0 heterocycles. The van der Waals surface area contributed by atoms with Gasteiger partial charge in [-0.25, -0.2) is 4.57 Å². The lowest BCUT2D eigenvalue weighted by Crippen LogP contribution is -2.29. The average Bonchev–Trinajstić information content (AvgIpc) is 3.05. The molecule has 0 aromatic heterocycles. The van der Waals surface area contributed by atoms with E-state index in [1.54, 1.807) is 0 Å². The summed E-state index contributed by atoms with van der Waals surface area (Å²) in [7, 11) is -4.36. The summed E-state index contributed by atoms with van der Waals surface area (Å²) in [6.07, 6.45) is 31.2. The normalized spacial score (nSPS) is 13.4. The van der Waals surface area contributed by atoms with Gasteiger partial charge in [0.2, 0.25) is 0 Å². The summed E-state index contributed by atoms with van der Waals surface area (Å²) in [5.74, 6) is -0.818. The van der Waals surface area contributed by atoms with Crippen molar-refractivity contribution < 1.29 is 37.6 Å². The molecule has 0 saturated carbocycles. The molecule has 280 valence electrons. The van der Waals surface area contributed by atoms with Crippen LogP contribution in [0.3, 0.4) is 0 Å². The number of phosphoric ester groups is 1. The average molecular weight is 692 g/mol. The van der Waals surface area contributed by atoms with E-state index in [1.165, 1.54) is 128 Å². The van der Waals surface area contributed by atoms with E-state index in [4.69, 9.17) is 24.3 Å². The molecule has 0 aromatic carbocycles. The van der Waals surface area contributed by atoms with Gasteiger partial charge in [0, 0.05) is 19.4 Å². The Balaban J connectivity index is 4.18. The fraction of sp³-hybridized carbons (Fsp3) is 0.946. The van der Waals surface area contributed by atoms with Gasteiger partial charge < -0.3 is 20.1 Å². The van der Waals surface area contributed by atoms with Gasteiger partial charge in [-0.15, -0.1) is 0 Å². The van der Waals surface area contributed by atoms with Crippen LogP contribution >= 0.6 is 7.82 Å². The van der Waals surface area contributed by atoms with Crippen LogP contribution in [0.4, 0.5) is 0 Å². The largest absolute Gasteiger partial charge is 0.472 e. The predicted molar refractivity (Wildman–Crippen MR) is 192 cm³/mol. The molecular weight excluding hydrogens is 617 g/mol. The Labute approximate surface area is 288 Å². The summed E-state index contributed by atoms with van der Waals surface area (Å²) < 4.78 is 32.6. The highest BCUT2D eigenvalue weighted by Gasteiger charge is 2.26. The van der Waals surface area contributed by atoms with Gasteiger partial charge in [0.1, 0.15) is 6.61 Å². The Hall–Kier alpha value is -0.990. The Morgan fingerprint density at radius 3 is 1.30 bits per heavy atom. The van der Waals surface area contributed by atoms with Gasteiger partial charge >= 0.3 is 19.8 Å². The summed E-state index contributed by atoms with van der Waals surface area (Å²) in [5, 5.41) is 0. The van der Waals surface area contributed by atoms with Crippen molar-refractivity contribution in [2.75, 3.05) is 26.4 Å². The number of unbranched alkanes of at least 4 members (excludes halogenated alkanes) is 24. The first-order valence-electron chi connectivity index (χ1n) is 19.5. The molecule has 0 amide bonds. The van der Waals surface area contributed by atoms with Crippen molar-refractivity contribution in [3.63, 3.8) is 0 Å². The smallest absolute Gasteiger partial charge is 0.462 e. The molecule has 47 heavy (non-hydrogen) atoms. The summed E-state index contributed by atoms with van der Waals surface area (Å²) in [6, 6.07) is 0. The molecule has 9 nitrogen and oxygen atoms in total. The van der Waals surface area contributed by atoms with E-state index in [0.29, 0.717) is 6.42 Å². The van der Waals surface area contributed by atoms with Crippen molar-refractivity contribution in [3.05, 3.63) is 0 Å². The molecule has 0 aliphatic rings. The number of esters is 2. The third-order valence-corrected chi connectivity index (χ3v) is 9.48. The van der Waals surface area contributed by atoms with E-state index in [2.05, 4.69) is 13.8 Å². The Morgan fingerprint density at radius 1 is 0.553 bits per heavy atom. The fourth-order valence-corrected chi connectivity index (χ4v) is 6.34. The number of phosphoric acid groups is 1. The Morgan fingerprint density at radius 2 is 0.915 bits per heavy atom. The van der Waals surface area contributed by atoms with Gasteiger partial charge in [0.15, 0.2) is 6.10 Å². The standard InChI is InChI=1S/C37H74NO8P/c1-3-5-7-9-11-13-15-17-18-20-22-24-26-28-30-37(40)46-35(34-45-47(41,42)44-32-31-38)33-43-36(39)29-27-25-23-21-19-16-14-12-10-8-6-4-2/h35H,3-34,38H2,1-2H3,(H,41,42). The number of hydrogen-bond donors (Lipinski definition) is 2. The zero-order chi connectivity index (χ0) is 34.7. The number of ether oxygens (including phenoxy) is 2. The number of rotatable bonds is 37. The Kier molecular flexibility index (Phi) is 34.1. The number of hydrogen-bond acceptors (Lipinski definition) is 8. The summed E-state index contributed by atoms with van der Waals surface area (Å²) in [6.45, 7) is 3.74. The van der Waals surface area contributed by atoms with Crippen LogP contribution in [0.15, 0.2) is 0 Å². The van der Waals surface area contributed by atoms with Crippen molar-refractivity contribution in [1.29, 1.82) is 0 Å². The monoisotopic (exact) mass is 692 g/mol. The fourth-order valence-electron chi connectivity index (χ4n) is 5.58. The minimum atomic E-state index is -4.36. The van der Waals surface area contributed by atoms with Gasteiger partial charge in [0.05, 0.1) is 13.2 Å². The van der Waals surface area contributed by atoms with Crippen LogP contribution in [0.2, 0.25) is 0 Å². The molecule has 0 radical (unpaired) electrons. The van der Waals surface area contributed by atoms with Crippen molar-refractivity contribution in [1.82, 2.24) is 0 Å². The molecule has 10 heteroatoms. The molecule has 0 rings (SSSR count). The molecule has 0 fully saturated rings. The maximum absolute atomic E-state index is 12.5. The van der Waals surface area contributed by atoms with Crippen LogP contribution < -0.4 is 5.73 Å². The molecular formula is C37H74NO8P. The topological polar surface area (TPSA) is 134 Å². The maximum Gasteiger partial charge on any atom is 0.472 e. The highest BCUT2D eigenvalue weighted by molar-refractivity contribution is 7.47. The van der Waals surface area contributed by atoms with Gasteiger partial charge in [-0.2, -0.15) is 0 Å². The molecule has 0 aromatic rings. The van der Waals surface area contributed by atoms with E-state index in [-0.39, 0.29) is 38.6 Å². The van der Waals surface area contributed by atoms with Crippen molar-refractivity contribution >= 4 is 19.8 Å². The van der Waals surface area contributed by atoms with Crippen molar-refractivity contribution in [2.24, 2.45) is 5.73 Å². The van der Waals surface area contributed by atoms with Gasteiger partial charge in [0.25, 0.3) is 0 Å². The number of carbonyl (C=O) groups is 2. The molecule has 0 aliphatic heterocycles. The molecule has 3 N–H and O–H groups in total. The van der Waals surface area contributed by atoms with Crippen molar-refractivity contribution in [2.45, 2.75) is 200 Å². The van der Waals surface area contributed by atoms with E-state index < -0.39 is 26.5 Å². The van der Waals surface area contributed by atoms with Gasteiger partial charge in [-0.05, 0) is 12.8 Å². The second-order valence-electron chi connectivity index (χ2n) is 13.2. The summed E-state index contributed by atoms with van der Waals surface area (Å²) >= 11 is 0. The molecule has 0 aliphatic carbocycles. The molecule has 2 unspecified atom stereocenters. The first-order valence-corrected chi connectivity index (χ1v) is 21.0. The van der Waals surface area contributed by atoms with Crippen LogP contribution in [0.5, 0.6) is 0 Å². The highest BCUT2D eigenvalue weighted by Crippen LogP contribution is 2.43. The third kappa shape index (κ3) is 34.7. The molecule has 0 spiro atoms. The lowest BCUT2D eigenvalue weighted by molar-refractivity contribution is -0.161. The van der Waals surface area contributed by atoms with Crippen LogP contribution in [0.25, 0.3) is 0 Å². The SMILES string of the molecule is CCCCCCCCCCCCCCCCC(=O)OC(COC(=O)CCCCCCCCCCCCCC)COP(=O)(O)OCCN. The maximum atomic E-state index is 12.5. The van der Waals surface area contributed by atoms with Gasteiger partial charge in [-0.3, -0.25) is 18.6 Å². The highest BCUT2D eigenvalue weighted by atomic mass is 31.2. The summed E-state index contributed by atoms with van der Waals surface area (Å²) in [4.78, 5) is 34.7. The minimum absolute atomic E-state index is 0.0578. The lowest BCUT2D eigenvalue weighted by atomic mass is 10.0. The first-order chi connectivity index (χ1) is 22.8. The zero-order valence-electron chi connectivity index (χ0n) is 30.5.